The largest absolute Gasteiger partial charge is 0.347 e. The van der Waals surface area contributed by atoms with Crippen molar-refractivity contribution in [3.63, 3.8) is 0 Å². The number of nitrogens with zero attached hydrogens (tertiary/aromatic N) is 6. The van der Waals surface area contributed by atoms with Crippen LogP contribution < -0.4 is 37.6 Å². The first-order valence-electron chi connectivity index (χ1n) is 8.77. The minimum Gasteiger partial charge on any atom is -0.347 e. The van der Waals surface area contributed by atoms with Gasteiger partial charge in [-0.15, -0.1) is 0 Å². The molecule has 3 heterocycles. The first kappa shape index (κ1) is 18.1. The zero-order chi connectivity index (χ0) is 18.1. The first-order chi connectivity index (χ1) is 11.8. The van der Waals surface area contributed by atoms with Crippen LogP contribution in [0.15, 0.2) is 0 Å². The molecule has 1 aromatic heterocycles. The Morgan fingerprint density at radius 2 is 1.08 bits per heavy atom. The van der Waals surface area contributed by atoms with Crippen LogP contribution in [0.5, 0.6) is 0 Å². The predicted molar refractivity (Wildman–Crippen MR) is 99.7 cm³/mol. The maximum Gasteiger partial charge on any atom is 0.232 e. The molecule has 0 amide bonds. The molecule has 10 nitrogen and oxygen atoms in total. The summed E-state index contributed by atoms with van der Waals surface area (Å²) in [6.45, 7) is 2.73. The number of hydrogen-bond acceptors (Lipinski definition) is 10. The molecule has 2 aliphatic rings. The van der Waals surface area contributed by atoms with Crippen LogP contribution >= 0.6 is 0 Å². The molecular weight excluding hydrogens is 320 g/mol. The van der Waals surface area contributed by atoms with E-state index in [2.05, 4.69) is 15.0 Å². The van der Waals surface area contributed by atoms with E-state index in [0.29, 0.717) is 44.0 Å². The Kier molecular flexibility index (Phi) is 5.23. The highest BCUT2D eigenvalue weighted by molar-refractivity contribution is 5.47. The first-order valence-corrected chi connectivity index (χ1v) is 8.77. The topological polar surface area (TPSA) is 152 Å². The lowest BCUT2D eigenvalue weighted by Crippen LogP contribution is -2.54. The van der Waals surface area contributed by atoms with E-state index in [0.717, 1.165) is 12.8 Å². The van der Waals surface area contributed by atoms with E-state index in [4.69, 9.17) is 22.9 Å². The number of nitrogens with two attached hydrogens (primary N) is 4. The molecule has 1 aromatic rings. The zero-order valence-corrected chi connectivity index (χ0v) is 15.0. The van der Waals surface area contributed by atoms with Crippen LogP contribution in [-0.4, -0.2) is 79.4 Å². The minimum absolute atomic E-state index is 0.0172. The lowest BCUT2D eigenvalue weighted by Gasteiger charge is -2.37. The van der Waals surface area contributed by atoms with E-state index >= 15 is 0 Å². The van der Waals surface area contributed by atoms with Crippen molar-refractivity contribution in [2.45, 2.75) is 37.0 Å². The normalized spacial score (nSPS) is 30.5. The summed E-state index contributed by atoms with van der Waals surface area (Å²) in [6, 6.07) is 0.0689. The number of piperidine rings is 2. The molecule has 3 rings (SSSR count). The van der Waals surface area contributed by atoms with Gasteiger partial charge in [-0.2, -0.15) is 15.0 Å². The Morgan fingerprint density at radius 3 is 1.40 bits per heavy atom. The Hall–Kier alpha value is -1.75. The maximum atomic E-state index is 6.12. The average molecular weight is 350 g/mol. The lowest BCUT2D eigenvalue weighted by molar-refractivity contribution is 0.441. The highest BCUT2D eigenvalue weighted by Gasteiger charge is 2.28. The van der Waals surface area contributed by atoms with Crippen molar-refractivity contribution in [3.05, 3.63) is 0 Å². The summed E-state index contributed by atoms with van der Waals surface area (Å²) in [5.41, 5.74) is 24.5. The van der Waals surface area contributed by atoms with Gasteiger partial charge < -0.3 is 37.6 Å². The molecule has 0 aliphatic carbocycles. The van der Waals surface area contributed by atoms with E-state index in [9.17, 15) is 0 Å². The predicted octanol–water partition coefficient (Wildman–Crippen LogP) is -2.33. The van der Waals surface area contributed by atoms with E-state index < -0.39 is 0 Å². The average Bonchev–Trinajstić information content (AvgIpc) is 2.52. The Bertz CT molecular complexity index is 529. The van der Waals surface area contributed by atoms with Gasteiger partial charge in [-0.3, -0.25) is 0 Å². The number of aromatic nitrogens is 3. The third-order valence-electron chi connectivity index (χ3n) is 4.60. The lowest BCUT2D eigenvalue weighted by atomic mass is 10.0. The standard InChI is InChI=1S/C15H30N10/c1-23(2)13-20-14(24-5-9(16)3-10(17)6-24)22-15(21-13)25-7-11(18)4-12(19)8-25/h9-12H,3-8,16-19H2,1-2H3. The monoisotopic (exact) mass is 350 g/mol. The highest BCUT2D eigenvalue weighted by Crippen LogP contribution is 2.22. The molecule has 4 atom stereocenters. The second kappa shape index (κ2) is 7.24. The number of anilines is 3. The van der Waals surface area contributed by atoms with Crippen molar-refractivity contribution >= 4 is 17.8 Å². The van der Waals surface area contributed by atoms with Crippen molar-refractivity contribution < 1.29 is 0 Å². The summed E-state index contributed by atoms with van der Waals surface area (Å²) in [7, 11) is 3.81. The van der Waals surface area contributed by atoms with Crippen molar-refractivity contribution in [2.24, 2.45) is 22.9 Å². The van der Waals surface area contributed by atoms with E-state index in [1.54, 1.807) is 0 Å². The van der Waals surface area contributed by atoms with Crippen LogP contribution in [0.1, 0.15) is 12.8 Å². The second-order valence-electron chi connectivity index (χ2n) is 7.45. The second-order valence-corrected chi connectivity index (χ2v) is 7.45. The zero-order valence-electron chi connectivity index (χ0n) is 15.0. The fourth-order valence-corrected chi connectivity index (χ4v) is 3.51. The molecular formula is C15H30N10. The molecule has 2 fully saturated rings. The van der Waals surface area contributed by atoms with Gasteiger partial charge in [-0.1, -0.05) is 0 Å². The van der Waals surface area contributed by atoms with Crippen LogP contribution in [0.4, 0.5) is 17.8 Å². The number of rotatable bonds is 3. The molecule has 0 radical (unpaired) electrons. The van der Waals surface area contributed by atoms with Crippen molar-refractivity contribution in [3.8, 4) is 0 Å². The van der Waals surface area contributed by atoms with E-state index in [-0.39, 0.29) is 24.2 Å². The summed E-state index contributed by atoms with van der Waals surface area (Å²) < 4.78 is 0. The van der Waals surface area contributed by atoms with Gasteiger partial charge in [0.15, 0.2) is 0 Å². The van der Waals surface area contributed by atoms with Crippen LogP contribution in [0.3, 0.4) is 0 Å². The van der Waals surface area contributed by atoms with Crippen molar-refractivity contribution in [2.75, 3.05) is 55.0 Å². The van der Waals surface area contributed by atoms with Crippen LogP contribution in [0, 0.1) is 0 Å². The highest BCUT2D eigenvalue weighted by atomic mass is 15.4. The van der Waals surface area contributed by atoms with Gasteiger partial charge in [0.2, 0.25) is 17.8 Å². The molecule has 0 saturated carbocycles. The van der Waals surface area contributed by atoms with Crippen LogP contribution in [0.2, 0.25) is 0 Å². The molecule has 4 unspecified atom stereocenters. The SMILES string of the molecule is CN(C)c1nc(N2CC(N)CC(N)C2)nc(N2CC(N)CC(N)C2)n1. The third kappa shape index (κ3) is 4.27. The summed E-state index contributed by atoms with van der Waals surface area (Å²) in [5, 5.41) is 0. The van der Waals surface area contributed by atoms with Crippen molar-refractivity contribution in [1.82, 2.24) is 15.0 Å². The molecule has 10 heteroatoms. The Balaban J connectivity index is 1.92. The smallest absolute Gasteiger partial charge is 0.232 e. The Morgan fingerprint density at radius 1 is 0.720 bits per heavy atom. The fraction of sp³-hybridized carbons (Fsp3) is 0.800. The summed E-state index contributed by atoms with van der Waals surface area (Å²) in [6.07, 6.45) is 1.62. The van der Waals surface area contributed by atoms with Crippen LogP contribution in [0.25, 0.3) is 0 Å². The quantitative estimate of drug-likeness (QED) is 0.467. The number of hydrogen-bond donors (Lipinski definition) is 4. The van der Waals surface area contributed by atoms with Gasteiger partial charge >= 0.3 is 0 Å². The Labute approximate surface area is 148 Å². The molecule has 0 spiro atoms. The van der Waals surface area contributed by atoms with E-state index in [1.807, 2.05) is 28.8 Å². The van der Waals surface area contributed by atoms with E-state index in [1.165, 1.54) is 0 Å². The molecule has 8 N–H and O–H groups in total. The van der Waals surface area contributed by atoms with Crippen molar-refractivity contribution in [1.29, 1.82) is 0 Å². The van der Waals surface area contributed by atoms with Gasteiger partial charge in [0.05, 0.1) is 0 Å². The summed E-state index contributed by atoms with van der Waals surface area (Å²) in [5.74, 6) is 1.81. The van der Waals surface area contributed by atoms with Gasteiger partial charge in [-0.05, 0) is 12.8 Å². The van der Waals surface area contributed by atoms with Crippen LogP contribution in [-0.2, 0) is 0 Å². The van der Waals surface area contributed by atoms with Gasteiger partial charge in [0.1, 0.15) is 0 Å². The summed E-state index contributed by atoms with van der Waals surface area (Å²) in [4.78, 5) is 19.8. The third-order valence-corrected chi connectivity index (χ3v) is 4.60. The van der Waals surface area contributed by atoms with Gasteiger partial charge in [0.25, 0.3) is 0 Å². The maximum absolute atomic E-state index is 6.12. The molecule has 2 saturated heterocycles. The summed E-state index contributed by atoms with van der Waals surface area (Å²) >= 11 is 0. The van der Waals surface area contributed by atoms with Gasteiger partial charge in [-0.25, -0.2) is 0 Å². The molecule has 2 aliphatic heterocycles. The molecule has 140 valence electrons. The molecule has 0 bridgehead atoms. The minimum atomic E-state index is 0.0172. The fourth-order valence-electron chi connectivity index (χ4n) is 3.51. The van der Waals surface area contributed by atoms with Gasteiger partial charge in [0, 0.05) is 64.4 Å². The molecule has 25 heavy (non-hydrogen) atoms. The molecule has 0 aromatic carbocycles.